The molecule has 1 fully saturated rings. The number of aromatic nitrogens is 2. The summed E-state index contributed by atoms with van der Waals surface area (Å²) in [6.07, 6.45) is 3.28. The van der Waals surface area contributed by atoms with E-state index in [1.165, 1.54) is 17.7 Å². The highest BCUT2D eigenvalue weighted by atomic mass is 32.1. The van der Waals surface area contributed by atoms with Gasteiger partial charge in [0.05, 0.1) is 11.7 Å². The number of hydrogen-bond acceptors (Lipinski definition) is 6. The molecule has 10 heteroatoms. The molecule has 0 aromatic carbocycles. The predicted octanol–water partition coefficient (Wildman–Crippen LogP) is 0.260. The van der Waals surface area contributed by atoms with Crippen LogP contribution in [0.25, 0.3) is 0 Å². The van der Waals surface area contributed by atoms with E-state index in [0.29, 0.717) is 6.42 Å². The zero-order chi connectivity index (χ0) is 19.6. The molecular formula is C16H26N3O5PS. The van der Waals surface area contributed by atoms with E-state index in [2.05, 4.69) is 29.9 Å². The van der Waals surface area contributed by atoms with Gasteiger partial charge in [-0.05, 0) is 38.1 Å². The first kappa shape index (κ1) is 21.1. The van der Waals surface area contributed by atoms with Crippen LogP contribution in [-0.4, -0.2) is 69.8 Å². The van der Waals surface area contributed by atoms with Crippen LogP contribution in [0.4, 0.5) is 0 Å². The molecule has 0 aliphatic carbocycles. The third-order valence-electron chi connectivity index (χ3n) is 4.20. The normalized spacial score (nSPS) is 26.0. The van der Waals surface area contributed by atoms with Gasteiger partial charge in [-0.2, -0.15) is 0 Å². The fourth-order valence-corrected chi connectivity index (χ4v) is 3.94. The number of H-pyrrole nitrogens is 1. The van der Waals surface area contributed by atoms with Crippen molar-refractivity contribution in [3.63, 3.8) is 0 Å². The molecular weight excluding hydrogens is 377 g/mol. The average Bonchev–Trinajstić information content (AvgIpc) is 2.79. The van der Waals surface area contributed by atoms with Crippen LogP contribution in [0.2, 0.25) is 0 Å². The number of aliphatic hydroxyl groups excluding tert-OH is 2. The number of ether oxygens (including phenoxy) is 1. The number of aromatic amines is 1. The summed E-state index contributed by atoms with van der Waals surface area (Å²) in [4.78, 5) is 25.6. The Balaban J connectivity index is 2.25. The van der Waals surface area contributed by atoms with Crippen LogP contribution >= 0.6 is 19.1 Å². The predicted molar refractivity (Wildman–Crippen MR) is 105 cm³/mol. The number of amides is 1. The van der Waals surface area contributed by atoms with Gasteiger partial charge in [0.1, 0.15) is 12.2 Å². The number of aliphatic hydroxyl groups is 2. The van der Waals surface area contributed by atoms with E-state index in [1.807, 2.05) is 0 Å². The SMILES string of the molecule is C=P(C)(C)CC[C@H]1O[C@@H](n2cc(CNC(C)=O)c(=O)[nH]c2=S)[C@H](O)[C@@H]1O. The molecule has 1 aromatic heterocycles. The van der Waals surface area contributed by atoms with E-state index in [4.69, 9.17) is 17.0 Å². The van der Waals surface area contributed by atoms with E-state index < -0.39 is 37.0 Å². The largest absolute Gasteiger partial charge is 0.388 e. The Labute approximate surface area is 157 Å². The lowest BCUT2D eigenvalue weighted by atomic mass is 10.1. The highest BCUT2D eigenvalue weighted by molar-refractivity contribution is 7.72. The molecule has 0 bridgehead atoms. The molecule has 0 radical (unpaired) electrons. The van der Waals surface area contributed by atoms with E-state index in [9.17, 15) is 19.8 Å². The summed E-state index contributed by atoms with van der Waals surface area (Å²) >= 11 is 5.17. The van der Waals surface area contributed by atoms with Crippen LogP contribution in [0.5, 0.6) is 0 Å². The first-order valence-corrected chi connectivity index (χ1v) is 11.7. The van der Waals surface area contributed by atoms with Crippen molar-refractivity contribution in [2.45, 2.75) is 44.4 Å². The molecule has 0 spiro atoms. The third-order valence-corrected chi connectivity index (χ3v) is 5.98. The third kappa shape index (κ3) is 5.14. The quantitative estimate of drug-likeness (QED) is 0.400. The molecule has 1 aliphatic rings. The summed E-state index contributed by atoms with van der Waals surface area (Å²) in [5, 5.41) is 23.3. The van der Waals surface area contributed by atoms with E-state index >= 15 is 0 Å². The van der Waals surface area contributed by atoms with Gasteiger partial charge in [-0.25, -0.2) is 0 Å². The van der Waals surface area contributed by atoms with Gasteiger partial charge in [0.15, 0.2) is 11.0 Å². The zero-order valence-corrected chi connectivity index (χ0v) is 16.8. The fourth-order valence-electron chi connectivity index (χ4n) is 2.74. The van der Waals surface area contributed by atoms with Crippen molar-refractivity contribution in [3.05, 3.63) is 26.9 Å². The molecule has 2 rings (SSSR count). The van der Waals surface area contributed by atoms with Crippen LogP contribution in [0.15, 0.2) is 11.0 Å². The van der Waals surface area contributed by atoms with Crippen LogP contribution in [0.1, 0.15) is 25.1 Å². The Morgan fingerprint density at radius 3 is 2.69 bits per heavy atom. The first-order chi connectivity index (χ1) is 12.0. The number of rotatable bonds is 6. The van der Waals surface area contributed by atoms with Gasteiger partial charge in [0.25, 0.3) is 5.56 Å². The van der Waals surface area contributed by atoms with Gasteiger partial charge in [-0.1, -0.05) is 0 Å². The van der Waals surface area contributed by atoms with Crippen LogP contribution in [0, 0.1) is 4.77 Å². The van der Waals surface area contributed by atoms with Gasteiger partial charge in [0.2, 0.25) is 5.91 Å². The van der Waals surface area contributed by atoms with Crippen LogP contribution in [0.3, 0.4) is 0 Å². The maximum atomic E-state index is 12.0. The minimum Gasteiger partial charge on any atom is -0.388 e. The summed E-state index contributed by atoms with van der Waals surface area (Å²) in [7, 11) is 0. The minimum absolute atomic E-state index is 0.0231. The van der Waals surface area contributed by atoms with Crippen molar-refractivity contribution in [1.29, 1.82) is 0 Å². The van der Waals surface area contributed by atoms with E-state index in [-0.39, 0.29) is 22.8 Å². The monoisotopic (exact) mass is 403 g/mol. The van der Waals surface area contributed by atoms with Crippen molar-refractivity contribution < 1.29 is 19.7 Å². The number of nitrogens with zero attached hydrogens (tertiary/aromatic N) is 1. The lowest BCUT2D eigenvalue weighted by Crippen LogP contribution is -2.33. The van der Waals surface area contributed by atoms with Gasteiger partial charge in [0, 0.05) is 19.7 Å². The van der Waals surface area contributed by atoms with E-state index in [0.717, 1.165) is 6.16 Å². The number of carbonyl (C=O) groups excluding carboxylic acids is 1. The second kappa shape index (κ2) is 8.19. The molecule has 146 valence electrons. The molecule has 8 nitrogen and oxygen atoms in total. The van der Waals surface area contributed by atoms with Crippen molar-refractivity contribution in [2.75, 3.05) is 19.5 Å². The Hall–Kier alpha value is -1.25. The Morgan fingerprint density at radius 1 is 1.46 bits per heavy atom. The number of hydrogen-bond donors (Lipinski definition) is 4. The molecule has 26 heavy (non-hydrogen) atoms. The lowest BCUT2D eigenvalue weighted by molar-refractivity contribution is -0.119. The summed E-state index contributed by atoms with van der Waals surface area (Å²) in [5.41, 5.74) is -0.152. The molecule has 2 heterocycles. The Kier molecular flexibility index (Phi) is 6.63. The standard InChI is InChI=1S/C16H26N3O5PS/c1-9(20)17-7-10-8-19(16(26)18-14(10)23)15-13(22)12(21)11(24-15)5-6-25(2,3)4/h8,11-13,15,21-22H,2,5-7H2,1,3-4H3,(H,17,20)(H,18,23,26)/t11-,12-,13-,15-/m1/s1. The van der Waals surface area contributed by atoms with Crippen molar-refractivity contribution >= 4 is 31.3 Å². The van der Waals surface area contributed by atoms with Gasteiger partial charge >= 0.3 is 0 Å². The van der Waals surface area contributed by atoms with Gasteiger partial charge in [-0.15, -0.1) is 13.2 Å². The summed E-state index contributed by atoms with van der Waals surface area (Å²) in [5.74, 6) is -0.273. The highest BCUT2D eigenvalue weighted by Crippen LogP contribution is 2.39. The van der Waals surface area contributed by atoms with Crippen molar-refractivity contribution in [1.82, 2.24) is 14.9 Å². The summed E-state index contributed by atoms with van der Waals surface area (Å²) in [6, 6.07) is 0. The molecule has 0 saturated carbocycles. The lowest BCUT2D eigenvalue weighted by Gasteiger charge is -2.20. The first-order valence-electron chi connectivity index (χ1n) is 8.27. The summed E-state index contributed by atoms with van der Waals surface area (Å²) in [6.45, 7) is 4.27. The molecule has 4 N–H and O–H groups in total. The maximum absolute atomic E-state index is 12.0. The zero-order valence-electron chi connectivity index (χ0n) is 15.1. The fraction of sp³-hybridized carbons (Fsp3) is 0.625. The molecule has 4 atom stereocenters. The number of nitrogens with one attached hydrogen (secondary N) is 2. The smallest absolute Gasteiger partial charge is 0.256 e. The molecule has 1 aliphatic heterocycles. The number of carbonyl (C=O) groups is 1. The minimum atomic E-state index is -1.29. The Morgan fingerprint density at radius 2 is 2.12 bits per heavy atom. The Bertz CT molecular complexity index is 830. The van der Waals surface area contributed by atoms with E-state index in [1.54, 1.807) is 0 Å². The van der Waals surface area contributed by atoms with Crippen LogP contribution < -0.4 is 10.9 Å². The molecule has 1 aromatic rings. The topological polar surface area (TPSA) is 117 Å². The van der Waals surface area contributed by atoms with Crippen molar-refractivity contribution in [2.24, 2.45) is 0 Å². The highest BCUT2D eigenvalue weighted by Gasteiger charge is 2.43. The molecule has 0 unspecified atom stereocenters. The second-order valence-corrected chi connectivity index (χ2v) is 11.9. The average molecular weight is 403 g/mol. The van der Waals surface area contributed by atoms with Crippen molar-refractivity contribution in [3.8, 4) is 0 Å². The van der Waals surface area contributed by atoms with Crippen LogP contribution in [-0.2, 0) is 16.1 Å². The second-order valence-electron chi connectivity index (χ2n) is 7.22. The molecule has 1 amide bonds. The van der Waals surface area contributed by atoms with Gasteiger partial charge in [-0.3, -0.25) is 19.1 Å². The maximum Gasteiger partial charge on any atom is 0.256 e. The van der Waals surface area contributed by atoms with Gasteiger partial charge < -0.3 is 20.3 Å². The molecule has 1 saturated heterocycles. The summed E-state index contributed by atoms with van der Waals surface area (Å²) < 4.78 is 7.33.